The van der Waals surface area contributed by atoms with E-state index in [0.29, 0.717) is 0 Å². The van der Waals surface area contributed by atoms with Gasteiger partial charge in [0.2, 0.25) is 0 Å². The van der Waals surface area contributed by atoms with Gasteiger partial charge in [-0.25, -0.2) is 0 Å². The van der Waals surface area contributed by atoms with Crippen LogP contribution in [-0.4, -0.2) is 0 Å². The molecule has 52 valence electrons. The minimum absolute atomic E-state index is 0. The molecular formula is C2H8O3Rh2. The summed E-state index contributed by atoms with van der Waals surface area (Å²) in [6, 6.07) is 0. The Morgan fingerprint density at radius 1 is 0.429 bits per heavy atom. The molecule has 0 unspecified atom stereocenters. The molecule has 0 aliphatic carbocycles. The average molecular weight is 286 g/mol. The van der Waals surface area contributed by atoms with Gasteiger partial charge < -0.3 is 16.4 Å². The summed E-state index contributed by atoms with van der Waals surface area (Å²) in [7, 11) is 0. The molecule has 0 radical (unpaired) electrons. The molecule has 0 amide bonds. The van der Waals surface area contributed by atoms with Crippen molar-refractivity contribution in [3.05, 3.63) is 0 Å². The van der Waals surface area contributed by atoms with E-state index >= 15 is 0 Å². The first-order chi connectivity index (χ1) is 0. The van der Waals surface area contributed by atoms with Crippen LogP contribution < -0.4 is 0 Å². The molecule has 0 rings (SSSR count). The zero-order valence-electron chi connectivity index (χ0n) is 1.89. The Morgan fingerprint density at radius 2 is 0.429 bits per heavy atom. The summed E-state index contributed by atoms with van der Waals surface area (Å²) in [5.74, 6) is 0. The molecule has 3 nitrogen and oxygen atoms in total. The number of hydrogen-bond donors (Lipinski definition) is 0. The molecule has 0 aromatic carbocycles. The molecule has 0 spiro atoms. The fourth-order valence-electron chi connectivity index (χ4n) is 0. The minimum Gasteiger partial charge on any atom is -2.00 e. The Balaban J connectivity index is 0. The Hall–Kier alpha value is 1.13. The van der Waals surface area contributed by atoms with Gasteiger partial charge in [-0.05, 0) is 0 Å². The van der Waals surface area contributed by atoms with Gasteiger partial charge in [-0.3, -0.25) is 0 Å². The van der Waals surface area contributed by atoms with Crippen molar-refractivity contribution in [1.29, 1.82) is 0 Å². The van der Waals surface area contributed by atoms with E-state index < -0.39 is 0 Å². The third-order valence-electron chi connectivity index (χ3n) is 0. The van der Waals surface area contributed by atoms with Gasteiger partial charge in [-0.2, -0.15) is 0 Å². The molecule has 0 saturated carbocycles. The first-order valence-electron chi connectivity index (χ1n) is 0. The summed E-state index contributed by atoms with van der Waals surface area (Å²) in [4.78, 5) is 0. The van der Waals surface area contributed by atoms with Crippen LogP contribution in [-0.2, 0) is 55.4 Å². The molecule has 0 aromatic heterocycles. The maximum Gasteiger partial charge on any atom is 3.00 e. The van der Waals surface area contributed by atoms with Crippen LogP contribution in [0, 0.1) is 0 Å². The number of hydrogen-bond acceptors (Lipinski definition) is 0. The summed E-state index contributed by atoms with van der Waals surface area (Å²) in [5.41, 5.74) is 0. The summed E-state index contributed by atoms with van der Waals surface area (Å²) < 4.78 is 0. The fraction of sp³-hybridized carbons (Fsp3) is 1.00. The van der Waals surface area contributed by atoms with Crippen molar-refractivity contribution in [2.24, 2.45) is 0 Å². The molecule has 0 bridgehead atoms. The molecule has 0 heterocycles. The smallest absolute Gasteiger partial charge is 2.00 e. The third kappa shape index (κ3) is 148. The van der Waals surface area contributed by atoms with Crippen molar-refractivity contribution in [3.8, 4) is 0 Å². The Kier molecular flexibility index (Phi) is 9790. The number of rotatable bonds is 0. The molecule has 0 saturated heterocycles. The van der Waals surface area contributed by atoms with Gasteiger partial charge in [0.1, 0.15) is 0 Å². The Bertz CT molecular complexity index is 10.9. The first-order valence-corrected chi connectivity index (χ1v) is 0. The second-order valence-corrected chi connectivity index (χ2v) is 0. The normalized spacial score (nSPS) is 0. The summed E-state index contributed by atoms with van der Waals surface area (Å²) in [6.45, 7) is 0. The summed E-state index contributed by atoms with van der Waals surface area (Å²) in [5, 5.41) is 0. The van der Waals surface area contributed by atoms with E-state index in [0.717, 1.165) is 0 Å². The van der Waals surface area contributed by atoms with Crippen molar-refractivity contribution in [3.63, 3.8) is 0 Å². The van der Waals surface area contributed by atoms with Crippen molar-refractivity contribution >= 4 is 0 Å². The third-order valence-corrected chi connectivity index (χ3v) is 0. The Labute approximate surface area is 70.3 Å². The predicted octanol–water partition coefficient (Wildman–Crippen LogP) is 0.911. The topological polar surface area (TPSA) is 85.5 Å². The molecule has 0 fully saturated rings. The standard InChI is InChI=1S/2CH4.3O.2Rh/h2*1H4;;;;;/q;;3*-2;2*+3. The van der Waals surface area contributed by atoms with E-state index in [4.69, 9.17) is 0 Å². The Morgan fingerprint density at radius 3 is 0.429 bits per heavy atom. The van der Waals surface area contributed by atoms with E-state index in [1.54, 1.807) is 0 Å². The minimum atomic E-state index is 0. The largest absolute Gasteiger partial charge is 3.00 e. The van der Waals surface area contributed by atoms with E-state index in [1.165, 1.54) is 0 Å². The zero-order chi connectivity index (χ0) is 0. The van der Waals surface area contributed by atoms with Crippen LogP contribution in [0.25, 0.3) is 0 Å². The van der Waals surface area contributed by atoms with Crippen molar-refractivity contribution in [2.75, 3.05) is 0 Å². The molecule has 7 heavy (non-hydrogen) atoms. The average Bonchev–Trinajstić information content (AvgIpc) is 0. The van der Waals surface area contributed by atoms with Gasteiger partial charge in [0, 0.05) is 0 Å². The second-order valence-electron chi connectivity index (χ2n) is 0. The van der Waals surface area contributed by atoms with Gasteiger partial charge in [-0.1, -0.05) is 14.9 Å². The molecule has 0 atom stereocenters. The molecule has 0 aromatic rings. The predicted molar refractivity (Wildman–Crippen MR) is 15.5 cm³/mol. The van der Waals surface area contributed by atoms with Crippen LogP contribution in [0.2, 0.25) is 0 Å². The summed E-state index contributed by atoms with van der Waals surface area (Å²) in [6.07, 6.45) is 0. The van der Waals surface area contributed by atoms with Crippen molar-refractivity contribution in [1.82, 2.24) is 0 Å². The van der Waals surface area contributed by atoms with Crippen LogP contribution in [0.4, 0.5) is 0 Å². The molecule has 0 aliphatic heterocycles. The van der Waals surface area contributed by atoms with Gasteiger partial charge in [0.25, 0.3) is 0 Å². The maximum absolute atomic E-state index is 0. The van der Waals surface area contributed by atoms with E-state index in [1.807, 2.05) is 0 Å². The second kappa shape index (κ2) is 211. The van der Waals surface area contributed by atoms with Gasteiger partial charge in [-0.15, -0.1) is 0 Å². The molecule has 5 heteroatoms. The van der Waals surface area contributed by atoms with Crippen molar-refractivity contribution in [2.45, 2.75) is 14.9 Å². The van der Waals surface area contributed by atoms with Gasteiger partial charge in [0.05, 0.1) is 0 Å². The summed E-state index contributed by atoms with van der Waals surface area (Å²) >= 11 is 0. The molecule has 0 N–H and O–H groups in total. The van der Waals surface area contributed by atoms with Crippen LogP contribution in [0.5, 0.6) is 0 Å². The zero-order valence-corrected chi connectivity index (χ0v) is 5.17. The van der Waals surface area contributed by atoms with Crippen LogP contribution in [0.15, 0.2) is 0 Å². The van der Waals surface area contributed by atoms with Gasteiger partial charge in [0.15, 0.2) is 0 Å². The van der Waals surface area contributed by atoms with Gasteiger partial charge >= 0.3 is 39.0 Å². The molecular weight excluding hydrogens is 278 g/mol. The maximum atomic E-state index is 0. The quantitative estimate of drug-likeness (QED) is 0.593. The van der Waals surface area contributed by atoms with Crippen LogP contribution in [0.3, 0.4) is 0 Å². The van der Waals surface area contributed by atoms with Crippen LogP contribution >= 0.6 is 0 Å². The van der Waals surface area contributed by atoms with Crippen molar-refractivity contribution < 1.29 is 55.4 Å². The first kappa shape index (κ1) is 325. The van der Waals surface area contributed by atoms with E-state index in [2.05, 4.69) is 0 Å². The van der Waals surface area contributed by atoms with Crippen LogP contribution in [0.1, 0.15) is 14.9 Å². The van der Waals surface area contributed by atoms with E-state index in [9.17, 15) is 0 Å². The SMILES string of the molecule is C.C.[O-2].[O-2].[O-2].[Rh+3].[Rh+3]. The molecule has 0 aliphatic rings. The monoisotopic (exact) mass is 286 g/mol. The fourth-order valence-corrected chi connectivity index (χ4v) is 0. The van der Waals surface area contributed by atoms with E-state index in [-0.39, 0.29) is 70.2 Å².